The van der Waals surface area contributed by atoms with Crippen molar-refractivity contribution >= 4 is 17.6 Å². The summed E-state index contributed by atoms with van der Waals surface area (Å²) in [6.07, 6.45) is 2.96. The highest BCUT2D eigenvalue weighted by Crippen LogP contribution is 2.09. The summed E-state index contributed by atoms with van der Waals surface area (Å²) >= 11 is 0. The van der Waals surface area contributed by atoms with Crippen molar-refractivity contribution in [3.8, 4) is 0 Å². The van der Waals surface area contributed by atoms with Crippen molar-refractivity contribution in [2.24, 2.45) is 0 Å². The van der Waals surface area contributed by atoms with E-state index in [1.807, 2.05) is 19.2 Å². The van der Waals surface area contributed by atoms with Gasteiger partial charge >= 0.3 is 5.97 Å². The highest BCUT2D eigenvalue weighted by molar-refractivity contribution is 6.02. The molecule has 0 bridgehead atoms. The molecule has 1 heterocycles. The molecule has 0 spiro atoms. The van der Waals surface area contributed by atoms with Crippen LogP contribution in [0.3, 0.4) is 0 Å². The van der Waals surface area contributed by atoms with Crippen molar-refractivity contribution in [2.45, 2.75) is 18.5 Å². The smallest absolute Gasteiger partial charge is 0.328 e. The van der Waals surface area contributed by atoms with Gasteiger partial charge in [0.15, 0.2) is 0 Å². The number of carboxylic acid groups (broad SMARTS) is 1. The molecule has 1 aliphatic heterocycles. The predicted molar refractivity (Wildman–Crippen MR) is 157 cm³/mol. The quantitative estimate of drug-likeness (QED) is 0.0950. The number of carboxylic acids is 1. The van der Waals surface area contributed by atoms with Crippen LogP contribution in [0.15, 0.2) is 36.4 Å². The van der Waals surface area contributed by atoms with Crippen LogP contribution >= 0.6 is 0 Å². The Hall–Kier alpha value is -2.42. The van der Waals surface area contributed by atoms with Crippen molar-refractivity contribution < 1.29 is 14.7 Å². The van der Waals surface area contributed by atoms with E-state index in [4.69, 9.17) is 5.11 Å². The zero-order chi connectivity index (χ0) is 28.0. The third-order valence-electron chi connectivity index (χ3n) is 6.47. The van der Waals surface area contributed by atoms with E-state index in [1.54, 1.807) is 12.1 Å². The SMILES string of the molecule is CNC1(CNCCNCCNCc2ccc(NC(=O)/C=C/C(=O)O)cc2)CNCCNCCCNCCNC1. The molecule has 0 aliphatic carbocycles. The van der Waals surface area contributed by atoms with Crippen LogP contribution in [0.4, 0.5) is 5.69 Å². The van der Waals surface area contributed by atoms with Crippen LogP contribution < -0.4 is 47.9 Å². The molecule has 12 nitrogen and oxygen atoms in total. The van der Waals surface area contributed by atoms with Crippen LogP contribution in [0.2, 0.25) is 0 Å². The summed E-state index contributed by atoms with van der Waals surface area (Å²) in [5.74, 6) is -1.63. The lowest BCUT2D eigenvalue weighted by molar-refractivity contribution is -0.131. The number of carbonyl (C=O) groups excluding carboxylic acids is 1. The number of nitrogens with one attached hydrogen (secondary N) is 9. The Morgan fingerprint density at radius 2 is 1.41 bits per heavy atom. The Balaban J connectivity index is 1.58. The van der Waals surface area contributed by atoms with Crippen molar-refractivity contribution in [3.05, 3.63) is 42.0 Å². The Morgan fingerprint density at radius 3 is 2.03 bits per heavy atom. The van der Waals surface area contributed by atoms with Gasteiger partial charge in [-0.3, -0.25) is 4.79 Å². The molecule has 0 aromatic heterocycles. The number of carbonyl (C=O) groups is 2. The molecule has 1 aliphatic rings. The van der Waals surface area contributed by atoms with Gasteiger partial charge < -0.3 is 53.0 Å². The van der Waals surface area contributed by atoms with Crippen LogP contribution in [0.1, 0.15) is 12.0 Å². The van der Waals surface area contributed by atoms with Crippen LogP contribution in [0.5, 0.6) is 0 Å². The van der Waals surface area contributed by atoms with Gasteiger partial charge in [-0.1, -0.05) is 12.1 Å². The standard InChI is InChI=1S/C27H49N9O3/c1-28-27(20-33-16-12-29-9-2-10-30-13-17-34-21-27)22-35-18-14-31-11-15-32-19-23-3-5-24(6-4-23)36-25(37)7-8-26(38)39/h3-8,28-35H,2,9-22H2,1H3,(H,36,37)(H,38,39)/b8-7+. The number of benzene rings is 1. The molecule has 39 heavy (non-hydrogen) atoms. The summed E-state index contributed by atoms with van der Waals surface area (Å²) in [6, 6.07) is 7.46. The van der Waals surface area contributed by atoms with E-state index in [-0.39, 0.29) is 5.54 Å². The number of rotatable bonds is 14. The van der Waals surface area contributed by atoms with Gasteiger partial charge in [0.05, 0.1) is 5.54 Å². The highest BCUT2D eigenvalue weighted by atomic mass is 16.4. The molecule has 0 atom stereocenters. The summed E-state index contributed by atoms with van der Waals surface area (Å²) < 4.78 is 0. The van der Waals surface area contributed by atoms with Gasteiger partial charge in [0.2, 0.25) is 5.91 Å². The zero-order valence-corrected chi connectivity index (χ0v) is 23.3. The Morgan fingerprint density at radius 1 is 0.821 bits per heavy atom. The summed E-state index contributed by atoms with van der Waals surface area (Å²) in [6.45, 7) is 12.9. The van der Waals surface area contributed by atoms with Gasteiger partial charge in [-0.05, 0) is 44.3 Å². The average Bonchev–Trinajstić information content (AvgIpc) is 2.93. The van der Waals surface area contributed by atoms with E-state index >= 15 is 0 Å². The molecule has 1 aromatic rings. The van der Waals surface area contributed by atoms with Gasteiger partial charge in [-0.25, -0.2) is 4.79 Å². The predicted octanol–water partition coefficient (Wildman–Crippen LogP) is -1.74. The van der Waals surface area contributed by atoms with E-state index in [0.717, 1.165) is 116 Å². The monoisotopic (exact) mass is 547 g/mol. The van der Waals surface area contributed by atoms with E-state index in [9.17, 15) is 9.59 Å². The van der Waals surface area contributed by atoms with Crippen LogP contribution in [0, 0.1) is 0 Å². The molecule has 2 rings (SSSR count). The van der Waals surface area contributed by atoms with Crippen LogP contribution in [-0.4, -0.2) is 115 Å². The van der Waals surface area contributed by atoms with Crippen molar-refractivity contribution in [3.63, 3.8) is 0 Å². The summed E-state index contributed by atoms with van der Waals surface area (Å²) in [4.78, 5) is 22.1. The van der Waals surface area contributed by atoms with Gasteiger partial charge in [0, 0.05) is 96.4 Å². The first-order chi connectivity index (χ1) is 19.0. The molecule has 1 amide bonds. The molecule has 10 N–H and O–H groups in total. The molecule has 1 aromatic carbocycles. The molecular formula is C27H49N9O3. The molecule has 1 saturated heterocycles. The minimum atomic E-state index is -1.15. The fourth-order valence-electron chi connectivity index (χ4n) is 4.13. The lowest BCUT2D eigenvalue weighted by Gasteiger charge is -2.35. The van der Waals surface area contributed by atoms with Crippen molar-refractivity contribution in [1.29, 1.82) is 0 Å². The Kier molecular flexibility index (Phi) is 17.2. The van der Waals surface area contributed by atoms with E-state index in [2.05, 4.69) is 47.9 Å². The summed E-state index contributed by atoms with van der Waals surface area (Å²) in [5, 5.41) is 39.4. The molecular weight excluding hydrogens is 498 g/mol. The number of anilines is 1. The van der Waals surface area contributed by atoms with Gasteiger partial charge in [0.1, 0.15) is 0 Å². The molecule has 1 fully saturated rings. The maximum Gasteiger partial charge on any atom is 0.328 e. The molecule has 220 valence electrons. The second-order valence-electron chi connectivity index (χ2n) is 9.70. The van der Waals surface area contributed by atoms with E-state index in [0.29, 0.717) is 5.69 Å². The lowest BCUT2D eigenvalue weighted by atomic mass is 9.99. The van der Waals surface area contributed by atoms with Gasteiger partial charge in [-0.15, -0.1) is 0 Å². The minimum Gasteiger partial charge on any atom is -0.478 e. The normalized spacial score (nSPS) is 17.5. The third-order valence-corrected chi connectivity index (χ3v) is 6.47. The summed E-state index contributed by atoms with van der Waals surface area (Å²) in [7, 11) is 2.04. The average molecular weight is 548 g/mol. The maximum absolute atomic E-state index is 11.6. The number of likely N-dealkylation sites (N-methyl/N-ethyl adjacent to an activating group) is 1. The topological polar surface area (TPSA) is 163 Å². The number of hydrogen-bond acceptors (Lipinski definition) is 10. The van der Waals surface area contributed by atoms with E-state index in [1.165, 1.54) is 0 Å². The molecule has 0 saturated carbocycles. The number of amides is 1. The minimum absolute atomic E-state index is 0.0563. The van der Waals surface area contributed by atoms with Crippen LogP contribution in [-0.2, 0) is 16.1 Å². The van der Waals surface area contributed by atoms with Gasteiger partial charge in [-0.2, -0.15) is 0 Å². The second-order valence-corrected chi connectivity index (χ2v) is 9.70. The lowest BCUT2D eigenvalue weighted by Crippen LogP contribution is -2.63. The van der Waals surface area contributed by atoms with Crippen molar-refractivity contribution in [2.75, 3.05) is 97.4 Å². The largest absolute Gasteiger partial charge is 0.478 e. The fourth-order valence-corrected chi connectivity index (χ4v) is 4.13. The summed E-state index contributed by atoms with van der Waals surface area (Å²) in [5.41, 5.74) is 1.67. The third kappa shape index (κ3) is 15.7. The Bertz CT molecular complexity index is 822. The van der Waals surface area contributed by atoms with Crippen LogP contribution in [0.25, 0.3) is 0 Å². The first-order valence-corrected chi connectivity index (χ1v) is 14.0. The number of hydrogen-bond donors (Lipinski definition) is 10. The maximum atomic E-state index is 11.6. The zero-order valence-electron chi connectivity index (χ0n) is 23.3. The Labute approximate surface area is 232 Å². The fraction of sp³-hybridized carbons (Fsp3) is 0.630. The highest BCUT2D eigenvalue weighted by Gasteiger charge is 2.27. The number of aliphatic carboxylic acids is 1. The first kappa shape index (κ1) is 32.8. The van der Waals surface area contributed by atoms with E-state index < -0.39 is 11.9 Å². The van der Waals surface area contributed by atoms with Crippen molar-refractivity contribution in [1.82, 2.24) is 42.5 Å². The van der Waals surface area contributed by atoms with Gasteiger partial charge in [0.25, 0.3) is 0 Å². The second kappa shape index (κ2) is 20.5. The first-order valence-electron chi connectivity index (χ1n) is 14.0. The molecule has 0 unspecified atom stereocenters. The molecule has 0 radical (unpaired) electrons. The molecule has 12 heteroatoms.